The van der Waals surface area contributed by atoms with E-state index in [0.29, 0.717) is 5.82 Å². The Morgan fingerprint density at radius 1 is 0.643 bits per heavy atom. The van der Waals surface area contributed by atoms with E-state index < -0.39 is 0 Å². The lowest BCUT2D eigenvalue weighted by atomic mass is 10.0. The minimum atomic E-state index is 0.215. The van der Waals surface area contributed by atoms with E-state index >= 15 is 0 Å². The lowest BCUT2D eigenvalue weighted by Crippen LogP contribution is -1.85. The number of phenolic OH excluding ortho intramolecular Hbond substituents is 1. The smallest absolute Gasteiger partial charge is 0.142 e. The lowest BCUT2D eigenvalue weighted by Gasteiger charge is -2.06. The van der Waals surface area contributed by atoms with E-state index in [1.54, 1.807) is 6.07 Å². The zero-order valence-corrected chi connectivity index (χ0v) is 15.1. The second kappa shape index (κ2) is 6.71. The normalized spacial score (nSPS) is 11.0. The summed E-state index contributed by atoms with van der Waals surface area (Å²) in [6.07, 6.45) is 0. The van der Waals surface area contributed by atoms with Crippen LogP contribution in [-0.2, 0) is 0 Å². The van der Waals surface area contributed by atoms with E-state index in [4.69, 9.17) is 4.98 Å². The Bertz CT molecular complexity index is 1200. The molecule has 0 aliphatic heterocycles. The number of aromatic nitrogens is 2. The first-order valence-corrected chi connectivity index (χ1v) is 9.23. The molecule has 5 aromatic rings. The zero-order chi connectivity index (χ0) is 18.9. The Labute approximate surface area is 163 Å². The first kappa shape index (κ1) is 16.3. The Balaban J connectivity index is 1.80. The van der Waals surface area contributed by atoms with Gasteiger partial charge in [-0.25, -0.2) is 4.98 Å². The van der Waals surface area contributed by atoms with Crippen molar-refractivity contribution < 1.29 is 5.11 Å². The third-order valence-corrected chi connectivity index (χ3v) is 4.96. The summed E-state index contributed by atoms with van der Waals surface area (Å²) in [6.45, 7) is 0. The van der Waals surface area contributed by atoms with E-state index in [2.05, 4.69) is 29.2 Å². The molecule has 0 amide bonds. The number of nitrogens with one attached hydrogen (secondary N) is 1. The highest BCUT2D eigenvalue weighted by Crippen LogP contribution is 2.39. The third-order valence-electron chi connectivity index (χ3n) is 4.96. The van der Waals surface area contributed by atoms with Gasteiger partial charge in [-0.05, 0) is 16.8 Å². The second-order valence-electron chi connectivity index (χ2n) is 6.72. The van der Waals surface area contributed by atoms with Gasteiger partial charge in [0.2, 0.25) is 0 Å². The van der Waals surface area contributed by atoms with Gasteiger partial charge in [0, 0.05) is 11.1 Å². The van der Waals surface area contributed by atoms with Crippen LogP contribution in [0.5, 0.6) is 5.75 Å². The largest absolute Gasteiger partial charge is 0.507 e. The SMILES string of the molecule is Oc1ccc2ccccc2c1-c1nc(-c2ccccc2)c(-c2ccccc2)[nH]1. The van der Waals surface area contributed by atoms with Crippen molar-refractivity contribution in [3.05, 3.63) is 97.1 Å². The number of H-pyrrole nitrogens is 1. The summed E-state index contributed by atoms with van der Waals surface area (Å²) in [7, 11) is 0. The molecule has 0 saturated heterocycles. The van der Waals surface area contributed by atoms with Crippen LogP contribution in [0.25, 0.3) is 44.7 Å². The van der Waals surface area contributed by atoms with Gasteiger partial charge in [-0.15, -0.1) is 0 Å². The van der Waals surface area contributed by atoms with Crippen LogP contribution in [0.15, 0.2) is 97.1 Å². The summed E-state index contributed by atoms with van der Waals surface area (Å²) in [4.78, 5) is 8.40. The van der Waals surface area contributed by atoms with E-state index in [-0.39, 0.29) is 5.75 Å². The molecule has 3 nitrogen and oxygen atoms in total. The molecule has 1 aromatic heterocycles. The Morgan fingerprint density at radius 3 is 2.04 bits per heavy atom. The predicted molar refractivity (Wildman–Crippen MR) is 114 cm³/mol. The maximum absolute atomic E-state index is 10.6. The maximum Gasteiger partial charge on any atom is 0.142 e. The molecule has 0 bridgehead atoms. The van der Waals surface area contributed by atoms with Crippen molar-refractivity contribution in [1.82, 2.24) is 9.97 Å². The monoisotopic (exact) mass is 362 g/mol. The molecule has 0 spiro atoms. The molecular weight excluding hydrogens is 344 g/mol. The van der Waals surface area contributed by atoms with Crippen LogP contribution in [-0.4, -0.2) is 15.1 Å². The summed E-state index contributed by atoms with van der Waals surface area (Å²) >= 11 is 0. The van der Waals surface area contributed by atoms with Crippen molar-refractivity contribution in [1.29, 1.82) is 0 Å². The quantitative estimate of drug-likeness (QED) is 0.397. The fraction of sp³-hybridized carbons (Fsp3) is 0. The number of phenols is 1. The van der Waals surface area contributed by atoms with Crippen LogP contribution in [0.3, 0.4) is 0 Å². The standard InChI is InChI=1S/C25H18N2O/c28-21-16-15-17-9-7-8-14-20(17)22(21)25-26-23(18-10-3-1-4-11-18)24(27-25)19-12-5-2-6-13-19/h1-16,28H,(H,26,27). The van der Waals surface area contributed by atoms with Crippen LogP contribution >= 0.6 is 0 Å². The van der Waals surface area contributed by atoms with Gasteiger partial charge in [0.25, 0.3) is 0 Å². The highest BCUT2D eigenvalue weighted by atomic mass is 16.3. The summed E-state index contributed by atoms with van der Waals surface area (Å²) in [5, 5.41) is 12.7. The van der Waals surface area contributed by atoms with Crippen molar-refractivity contribution in [2.45, 2.75) is 0 Å². The Hall–Kier alpha value is -3.85. The number of aromatic amines is 1. The maximum atomic E-state index is 10.6. The summed E-state index contributed by atoms with van der Waals surface area (Å²) in [5.74, 6) is 0.874. The summed E-state index contributed by atoms with van der Waals surface area (Å²) in [6, 6.07) is 31.9. The number of rotatable bonds is 3. The Kier molecular flexibility index (Phi) is 3.91. The van der Waals surface area contributed by atoms with Crippen molar-refractivity contribution in [3.63, 3.8) is 0 Å². The molecule has 0 radical (unpaired) electrons. The summed E-state index contributed by atoms with van der Waals surface area (Å²) < 4.78 is 0. The number of hydrogen-bond acceptors (Lipinski definition) is 2. The molecule has 5 rings (SSSR count). The number of imidazole rings is 1. The topological polar surface area (TPSA) is 48.9 Å². The highest BCUT2D eigenvalue weighted by Gasteiger charge is 2.18. The molecule has 0 fully saturated rings. The van der Waals surface area contributed by atoms with Gasteiger partial charge in [-0.1, -0.05) is 91.0 Å². The van der Waals surface area contributed by atoms with Crippen molar-refractivity contribution in [2.24, 2.45) is 0 Å². The first-order chi connectivity index (χ1) is 13.8. The van der Waals surface area contributed by atoms with Crippen molar-refractivity contribution in [2.75, 3.05) is 0 Å². The lowest BCUT2D eigenvalue weighted by molar-refractivity contribution is 0.477. The molecule has 2 N–H and O–H groups in total. The van der Waals surface area contributed by atoms with Gasteiger partial charge in [-0.3, -0.25) is 0 Å². The number of benzene rings is 4. The number of nitrogens with zero attached hydrogens (tertiary/aromatic N) is 1. The molecule has 1 heterocycles. The third kappa shape index (κ3) is 2.74. The average Bonchev–Trinajstić information content (AvgIpc) is 3.20. The fourth-order valence-corrected chi connectivity index (χ4v) is 3.62. The van der Waals surface area contributed by atoms with Gasteiger partial charge < -0.3 is 10.1 Å². The molecular formula is C25H18N2O. The molecule has 0 atom stereocenters. The second-order valence-corrected chi connectivity index (χ2v) is 6.72. The first-order valence-electron chi connectivity index (χ1n) is 9.23. The molecule has 0 saturated carbocycles. The van der Waals surface area contributed by atoms with Crippen molar-refractivity contribution in [3.8, 4) is 39.7 Å². The minimum Gasteiger partial charge on any atom is -0.507 e. The fourth-order valence-electron chi connectivity index (χ4n) is 3.62. The van der Waals surface area contributed by atoms with Crippen molar-refractivity contribution >= 4 is 10.8 Å². The molecule has 0 aliphatic rings. The molecule has 134 valence electrons. The molecule has 4 aromatic carbocycles. The van der Waals surface area contributed by atoms with Gasteiger partial charge in [-0.2, -0.15) is 0 Å². The van der Waals surface area contributed by atoms with E-state index in [1.807, 2.05) is 66.7 Å². The number of hydrogen-bond donors (Lipinski definition) is 2. The van der Waals surface area contributed by atoms with Gasteiger partial charge in [0.1, 0.15) is 11.6 Å². The minimum absolute atomic E-state index is 0.215. The van der Waals surface area contributed by atoms with Crippen LogP contribution in [0.4, 0.5) is 0 Å². The van der Waals surface area contributed by atoms with E-state index in [1.165, 1.54) is 0 Å². The van der Waals surface area contributed by atoms with E-state index in [9.17, 15) is 5.11 Å². The average molecular weight is 362 g/mol. The van der Waals surface area contributed by atoms with Crippen LogP contribution in [0.1, 0.15) is 0 Å². The zero-order valence-electron chi connectivity index (χ0n) is 15.1. The highest BCUT2D eigenvalue weighted by molar-refractivity contribution is 5.99. The summed E-state index contributed by atoms with van der Waals surface area (Å²) in [5.41, 5.74) is 4.61. The molecule has 3 heteroatoms. The van der Waals surface area contributed by atoms with Crippen LogP contribution in [0.2, 0.25) is 0 Å². The van der Waals surface area contributed by atoms with Crippen LogP contribution < -0.4 is 0 Å². The Morgan fingerprint density at radius 2 is 1.29 bits per heavy atom. The molecule has 0 unspecified atom stereocenters. The van der Waals surface area contributed by atoms with Gasteiger partial charge in [0.05, 0.1) is 17.0 Å². The number of fused-ring (bicyclic) bond motifs is 1. The predicted octanol–water partition coefficient (Wildman–Crippen LogP) is 6.27. The van der Waals surface area contributed by atoms with E-state index in [0.717, 1.165) is 38.9 Å². The van der Waals surface area contributed by atoms with Gasteiger partial charge in [0.15, 0.2) is 0 Å². The van der Waals surface area contributed by atoms with Crippen LogP contribution in [0, 0.1) is 0 Å². The van der Waals surface area contributed by atoms with Gasteiger partial charge >= 0.3 is 0 Å². The molecule has 28 heavy (non-hydrogen) atoms. The number of aromatic hydroxyl groups is 1. The molecule has 0 aliphatic carbocycles.